The molecule has 186 valence electrons. The molecule has 0 aliphatic heterocycles. The van der Waals surface area contributed by atoms with E-state index in [-0.39, 0.29) is 24.5 Å². The third-order valence-electron chi connectivity index (χ3n) is 4.98. The number of benzene rings is 1. The number of nitrogen functional groups attached to an aromatic ring is 1. The van der Waals surface area contributed by atoms with Crippen molar-refractivity contribution in [2.24, 2.45) is 0 Å². The van der Waals surface area contributed by atoms with Gasteiger partial charge in [0.2, 0.25) is 0 Å². The van der Waals surface area contributed by atoms with Crippen LogP contribution in [-0.2, 0) is 20.8 Å². The van der Waals surface area contributed by atoms with Crippen molar-refractivity contribution < 1.29 is 23.8 Å². The lowest BCUT2D eigenvalue weighted by atomic mass is 9.98. The molecule has 0 spiro atoms. The van der Waals surface area contributed by atoms with Crippen molar-refractivity contribution in [2.75, 3.05) is 20.0 Å². The molecule has 1 aromatic carbocycles. The van der Waals surface area contributed by atoms with Crippen LogP contribution in [0.3, 0.4) is 0 Å². The standard InChI is InChI=1S/C22H25BrN6O5S/c1-12(2)34-21(31)28-22(3,19(30)33-5)8-9-29-18-16(17(24)25-11-26-18)27-20(29)35-15-10-13(32-4)6-7-14(15)23/h6-7,10-11H,1,8-9H2,2-5H3,(H,28,31)(H2,24,25,26). The van der Waals surface area contributed by atoms with Gasteiger partial charge in [0.05, 0.1) is 20.0 Å². The highest BCUT2D eigenvalue weighted by Crippen LogP contribution is 2.37. The number of esters is 1. The van der Waals surface area contributed by atoms with Crippen molar-refractivity contribution >= 4 is 56.7 Å². The fraction of sp³-hybridized carbons (Fsp3) is 0.318. The quantitative estimate of drug-likeness (QED) is 0.290. The lowest BCUT2D eigenvalue weighted by Gasteiger charge is -2.27. The van der Waals surface area contributed by atoms with Gasteiger partial charge in [0.25, 0.3) is 0 Å². The number of nitrogens with two attached hydrogens (primary N) is 1. The van der Waals surface area contributed by atoms with E-state index < -0.39 is 17.6 Å². The van der Waals surface area contributed by atoms with Crippen LogP contribution < -0.4 is 15.8 Å². The van der Waals surface area contributed by atoms with Crippen LogP contribution in [0, 0.1) is 0 Å². The first-order valence-corrected chi connectivity index (χ1v) is 11.9. The highest BCUT2D eigenvalue weighted by atomic mass is 79.9. The Kier molecular flexibility index (Phi) is 8.22. The number of anilines is 1. The Labute approximate surface area is 214 Å². The highest BCUT2D eigenvalue weighted by Gasteiger charge is 2.37. The lowest BCUT2D eigenvalue weighted by molar-refractivity contribution is -0.148. The fourth-order valence-electron chi connectivity index (χ4n) is 3.19. The van der Waals surface area contributed by atoms with E-state index >= 15 is 0 Å². The molecule has 0 saturated heterocycles. The van der Waals surface area contributed by atoms with Crippen LogP contribution in [0.5, 0.6) is 5.75 Å². The van der Waals surface area contributed by atoms with Crippen molar-refractivity contribution in [3.05, 3.63) is 41.3 Å². The topological polar surface area (TPSA) is 143 Å². The number of imidazole rings is 1. The average Bonchev–Trinajstić information content (AvgIpc) is 3.16. The summed E-state index contributed by atoms with van der Waals surface area (Å²) in [5.74, 6) is 0.444. The monoisotopic (exact) mass is 564 g/mol. The maximum atomic E-state index is 12.6. The predicted molar refractivity (Wildman–Crippen MR) is 134 cm³/mol. The molecule has 35 heavy (non-hydrogen) atoms. The molecule has 0 fully saturated rings. The summed E-state index contributed by atoms with van der Waals surface area (Å²) in [6.07, 6.45) is 0.656. The van der Waals surface area contributed by atoms with Gasteiger partial charge in [-0.25, -0.2) is 24.5 Å². The summed E-state index contributed by atoms with van der Waals surface area (Å²) in [6.45, 7) is 6.84. The number of halogens is 1. The molecule has 0 bridgehead atoms. The van der Waals surface area contributed by atoms with Crippen molar-refractivity contribution in [2.45, 2.75) is 42.4 Å². The van der Waals surface area contributed by atoms with Crippen LogP contribution in [0.1, 0.15) is 20.3 Å². The van der Waals surface area contributed by atoms with Crippen LogP contribution in [0.4, 0.5) is 10.6 Å². The van der Waals surface area contributed by atoms with Crippen molar-refractivity contribution in [1.82, 2.24) is 24.8 Å². The third-order valence-corrected chi connectivity index (χ3v) is 6.99. The van der Waals surface area contributed by atoms with E-state index in [1.54, 1.807) is 18.6 Å². The Balaban J connectivity index is 1.99. The van der Waals surface area contributed by atoms with Crippen LogP contribution >= 0.6 is 27.7 Å². The normalized spacial score (nSPS) is 12.6. The van der Waals surface area contributed by atoms with Gasteiger partial charge in [-0.05, 0) is 54.4 Å². The summed E-state index contributed by atoms with van der Waals surface area (Å²) >= 11 is 4.90. The summed E-state index contributed by atoms with van der Waals surface area (Å²) < 4.78 is 17.9. The van der Waals surface area contributed by atoms with E-state index in [2.05, 4.69) is 42.8 Å². The molecule has 0 aliphatic carbocycles. The number of ether oxygens (including phenoxy) is 3. The molecule has 1 unspecified atom stereocenters. The van der Waals surface area contributed by atoms with Crippen LogP contribution in [0.2, 0.25) is 0 Å². The number of carbonyl (C=O) groups is 2. The number of aryl methyl sites for hydroxylation is 1. The number of carbonyl (C=O) groups excluding carboxylic acids is 2. The van der Waals surface area contributed by atoms with E-state index in [9.17, 15) is 9.59 Å². The lowest BCUT2D eigenvalue weighted by Crippen LogP contribution is -2.53. The molecule has 11 nitrogen and oxygen atoms in total. The number of alkyl carbamates (subject to hydrolysis) is 1. The molecule has 3 N–H and O–H groups in total. The zero-order chi connectivity index (χ0) is 25.8. The molecular formula is C22H25BrN6O5S. The first-order chi connectivity index (χ1) is 16.6. The van der Waals surface area contributed by atoms with Gasteiger partial charge in [-0.15, -0.1) is 0 Å². The highest BCUT2D eigenvalue weighted by molar-refractivity contribution is 9.10. The Hall–Kier alpha value is -3.32. The number of aromatic nitrogens is 4. The van der Waals surface area contributed by atoms with Crippen LogP contribution in [0.15, 0.2) is 51.4 Å². The summed E-state index contributed by atoms with van der Waals surface area (Å²) in [6, 6.07) is 5.56. The van der Waals surface area contributed by atoms with Crippen molar-refractivity contribution in [3.8, 4) is 5.75 Å². The van der Waals surface area contributed by atoms with Gasteiger partial charge >= 0.3 is 12.1 Å². The minimum atomic E-state index is -1.41. The van der Waals surface area contributed by atoms with E-state index in [4.69, 9.17) is 19.9 Å². The molecule has 1 atom stereocenters. The molecule has 0 radical (unpaired) electrons. The predicted octanol–water partition coefficient (Wildman–Crippen LogP) is 3.91. The molecule has 3 rings (SSSR count). The van der Waals surface area contributed by atoms with Crippen LogP contribution in [-0.4, -0.2) is 51.3 Å². The smallest absolute Gasteiger partial charge is 0.413 e. The Morgan fingerprint density at radius 3 is 2.71 bits per heavy atom. The van der Waals surface area contributed by atoms with Crippen LogP contribution in [0.25, 0.3) is 11.2 Å². The number of amides is 1. The SMILES string of the molecule is C=C(C)OC(=O)NC(C)(CCn1c(Sc2cc(OC)ccc2Br)nc2c(N)ncnc21)C(=O)OC. The molecule has 2 aromatic heterocycles. The number of nitrogens with one attached hydrogen (secondary N) is 1. The number of rotatable bonds is 9. The second kappa shape index (κ2) is 11.0. The van der Waals surface area contributed by atoms with E-state index in [1.165, 1.54) is 32.1 Å². The van der Waals surface area contributed by atoms with Gasteiger partial charge in [0, 0.05) is 15.9 Å². The summed E-state index contributed by atoms with van der Waals surface area (Å²) in [5, 5.41) is 3.13. The molecule has 13 heteroatoms. The number of allylic oxidation sites excluding steroid dienone is 1. The number of nitrogens with zero attached hydrogens (tertiary/aromatic N) is 4. The maximum Gasteiger partial charge on any atom is 0.413 e. The molecule has 0 saturated carbocycles. The summed E-state index contributed by atoms with van der Waals surface area (Å²) in [7, 11) is 2.83. The minimum Gasteiger partial charge on any atom is -0.497 e. The first kappa shape index (κ1) is 26.3. The number of methoxy groups -OCH3 is 2. The molecule has 2 heterocycles. The van der Waals surface area contributed by atoms with Gasteiger partial charge in [0.15, 0.2) is 22.1 Å². The van der Waals surface area contributed by atoms with E-state index in [0.29, 0.717) is 22.1 Å². The number of hydrogen-bond acceptors (Lipinski definition) is 10. The molecule has 0 aliphatic rings. The number of fused-ring (bicyclic) bond motifs is 1. The third kappa shape index (κ3) is 6.03. The van der Waals surface area contributed by atoms with Gasteiger partial charge in [0.1, 0.15) is 17.6 Å². The molecule has 1 amide bonds. The van der Waals surface area contributed by atoms with E-state index in [0.717, 1.165) is 9.37 Å². The first-order valence-electron chi connectivity index (χ1n) is 10.3. The Morgan fingerprint density at radius 2 is 2.06 bits per heavy atom. The second-order valence-electron chi connectivity index (χ2n) is 7.67. The zero-order valence-corrected chi connectivity index (χ0v) is 22.0. The van der Waals surface area contributed by atoms with Gasteiger partial charge in [-0.1, -0.05) is 18.3 Å². The average molecular weight is 565 g/mol. The fourth-order valence-corrected chi connectivity index (χ4v) is 4.64. The molecule has 3 aromatic rings. The second-order valence-corrected chi connectivity index (χ2v) is 9.53. The summed E-state index contributed by atoms with van der Waals surface area (Å²) in [5.41, 5.74) is 5.54. The number of hydrogen-bond donors (Lipinski definition) is 2. The Bertz CT molecular complexity index is 1280. The van der Waals surface area contributed by atoms with Gasteiger partial charge in [-0.3, -0.25) is 0 Å². The van der Waals surface area contributed by atoms with Gasteiger partial charge in [-0.2, -0.15) is 0 Å². The largest absolute Gasteiger partial charge is 0.497 e. The van der Waals surface area contributed by atoms with Crippen molar-refractivity contribution in [3.63, 3.8) is 0 Å². The molecular weight excluding hydrogens is 540 g/mol. The summed E-state index contributed by atoms with van der Waals surface area (Å²) in [4.78, 5) is 38.7. The zero-order valence-electron chi connectivity index (χ0n) is 19.6. The maximum absolute atomic E-state index is 12.6. The van der Waals surface area contributed by atoms with Crippen molar-refractivity contribution in [1.29, 1.82) is 0 Å². The minimum absolute atomic E-state index is 0.132. The van der Waals surface area contributed by atoms with Gasteiger partial charge < -0.3 is 29.8 Å². The Morgan fingerprint density at radius 1 is 1.31 bits per heavy atom. The van der Waals surface area contributed by atoms with E-state index in [1.807, 2.05) is 18.2 Å².